The minimum Gasteiger partial charge on any atom is -0.480 e. The topological polar surface area (TPSA) is 133 Å². The van der Waals surface area contributed by atoms with E-state index in [1.54, 1.807) is 13.0 Å². The number of hydrogen-bond donors (Lipinski definition) is 2. The fourth-order valence-electron chi connectivity index (χ4n) is 3.27. The van der Waals surface area contributed by atoms with E-state index in [-0.39, 0.29) is 23.6 Å². The van der Waals surface area contributed by atoms with Gasteiger partial charge >= 0.3 is 6.18 Å². The van der Waals surface area contributed by atoms with E-state index in [9.17, 15) is 26.0 Å². The lowest BCUT2D eigenvalue weighted by molar-refractivity contribution is -0.140. The number of rotatable bonds is 5. The molecule has 0 fully saturated rings. The Labute approximate surface area is 196 Å². The van der Waals surface area contributed by atoms with Crippen molar-refractivity contribution in [2.24, 2.45) is 0 Å². The summed E-state index contributed by atoms with van der Waals surface area (Å²) >= 11 is 0. The standard InChI is InChI=1S/C21H16F4N6O3S/c1-10-14-5-11(8-27-18(14)30-20(26)29-10)12-6-17(19(34-2)28-9-12)31-35(32,33)13-3-4-16(22)15(7-13)21(23,24)25/h3-9,31H,1-2H3,(H2,26,27,29,30). The predicted molar refractivity (Wildman–Crippen MR) is 118 cm³/mol. The normalized spacial score (nSPS) is 12.1. The second-order valence-electron chi connectivity index (χ2n) is 7.29. The molecule has 4 aromatic rings. The molecule has 14 heteroatoms. The van der Waals surface area contributed by atoms with Crippen LogP contribution in [0.3, 0.4) is 0 Å². The van der Waals surface area contributed by atoms with Gasteiger partial charge in [0.25, 0.3) is 10.0 Å². The first-order valence-corrected chi connectivity index (χ1v) is 11.2. The van der Waals surface area contributed by atoms with Crippen LogP contribution in [-0.2, 0) is 16.2 Å². The van der Waals surface area contributed by atoms with Crippen LogP contribution in [0.1, 0.15) is 11.3 Å². The van der Waals surface area contributed by atoms with Gasteiger partial charge in [-0.3, -0.25) is 4.72 Å². The van der Waals surface area contributed by atoms with E-state index in [1.807, 2.05) is 0 Å². The van der Waals surface area contributed by atoms with Crippen LogP contribution in [0.15, 0.2) is 47.6 Å². The smallest absolute Gasteiger partial charge is 0.419 e. The summed E-state index contributed by atoms with van der Waals surface area (Å²) in [7, 11) is -3.34. The van der Waals surface area contributed by atoms with Gasteiger partial charge in [0.15, 0.2) is 5.65 Å². The van der Waals surface area contributed by atoms with Gasteiger partial charge in [-0.25, -0.2) is 27.8 Å². The van der Waals surface area contributed by atoms with Crippen LogP contribution in [0.5, 0.6) is 5.88 Å². The van der Waals surface area contributed by atoms with Crippen molar-refractivity contribution in [3.8, 4) is 17.0 Å². The number of alkyl halides is 3. The Morgan fingerprint density at radius 3 is 2.40 bits per heavy atom. The molecule has 3 aromatic heterocycles. The number of methoxy groups -OCH3 is 1. The second kappa shape index (κ2) is 8.61. The van der Waals surface area contributed by atoms with Crippen LogP contribution in [0.2, 0.25) is 0 Å². The molecular formula is C21H16F4N6O3S. The van der Waals surface area contributed by atoms with E-state index in [1.165, 1.54) is 25.6 Å². The molecule has 3 heterocycles. The molecule has 0 aliphatic carbocycles. The van der Waals surface area contributed by atoms with Gasteiger partial charge in [-0.15, -0.1) is 0 Å². The summed E-state index contributed by atoms with van der Waals surface area (Å²) in [4.78, 5) is 15.7. The lowest BCUT2D eigenvalue weighted by Gasteiger charge is -2.14. The molecule has 0 saturated heterocycles. The van der Waals surface area contributed by atoms with Gasteiger partial charge < -0.3 is 10.5 Å². The Kier molecular flexibility index (Phi) is 5.92. The highest BCUT2D eigenvalue weighted by Crippen LogP contribution is 2.34. The van der Waals surface area contributed by atoms with Gasteiger partial charge in [-0.1, -0.05) is 0 Å². The highest BCUT2D eigenvalue weighted by Gasteiger charge is 2.35. The van der Waals surface area contributed by atoms with Crippen LogP contribution in [0, 0.1) is 12.7 Å². The largest absolute Gasteiger partial charge is 0.480 e. The monoisotopic (exact) mass is 508 g/mol. The number of nitrogens with one attached hydrogen (secondary N) is 1. The van der Waals surface area contributed by atoms with Crippen molar-refractivity contribution < 1.29 is 30.7 Å². The highest BCUT2D eigenvalue weighted by atomic mass is 32.2. The number of sulfonamides is 1. The molecule has 3 N–H and O–H groups in total. The van der Waals surface area contributed by atoms with Crippen molar-refractivity contribution in [1.29, 1.82) is 0 Å². The van der Waals surface area contributed by atoms with Crippen molar-refractivity contribution in [1.82, 2.24) is 19.9 Å². The summed E-state index contributed by atoms with van der Waals surface area (Å²) in [6.07, 6.45) is -2.22. The van der Waals surface area contributed by atoms with Gasteiger partial charge in [0, 0.05) is 28.9 Å². The van der Waals surface area contributed by atoms with Gasteiger partial charge in [0.2, 0.25) is 11.8 Å². The molecule has 0 bridgehead atoms. The molecule has 182 valence electrons. The number of fused-ring (bicyclic) bond motifs is 1. The number of nitrogen functional groups attached to an aromatic ring is 1. The van der Waals surface area contributed by atoms with Crippen molar-refractivity contribution in [2.75, 3.05) is 17.6 Å². The van der Waals surface area contributed by atoms with Crippen molar-refractivity contribution in [3.05, 3.63) is 59.8 Å². The summed E-state index contributed by atoms with van der Waals surface area (Å²) < 4.78 is 85.7. The summed E-state index contributed by atoms with van der Waals surface area (Å²) in [5.41, 5.74) is 5.63. The molecule has 0 radical (unpaired) electrons. The maximum Gasteiger partial charge on any atom is 0.419 e. The van der Waals surface area contributed by atoms with Crippen molar-refractivity contribution in [3.63, 3.8) is 0 Å². The number of anilines is 2. The highest BCUT2D eigenvalue weighted by molar-refractivity contribution is 7.92. The van der Waals surface area contributed by atoms with E-state index < -0.39 is 32.5 Å². The average Bonchev–Trinajstić information content (AvgIpc) is 2.78. The molecule has 0 atom stereocenters. The number of hydrogen-bond acceptors (Lipinski definition) is 8. The Morgan fingerprint density at radius 2 is 1.71 bits per heavy atom. The van der Waals surface area contributed by atoms with Crippen LogP contribution in [0.4, 0.5) is 29.2 Å². The van der Waals surface area contributed by atoms with E-state index in [4.69, 9.17) is 10.5 Å². The molecule has 0 saturated carbocycles. The zero-order chi connectivity index (χ0) is 25.5. The maximum atomic E-state index is 13.6. The molecule has 0 unspecified atom stereocenters. The minimum atomic E-state index is -5.08. The number of benzene rings is 1. The lowest BCUT2D eigenvalue weighted by Crippen LogP contribution is -2.16. The zero-order valence-electron chi connectivity index (χ0n) is 18.1. The third-order valence-electron chi connectivity index (χ3n) is 4.93. The van der Waals surface area contributed by atoms with E-state index >= 15 is 0 Å². The van der Waals surface area contributed by atoms with E-state index in [2.05, 4.69) is 24.7 Å². The first-order chi connectivity index (χ1) is 16.4. The van der Waals surface area contributed by atoms with E-state index in [0.29, 0.717) is 33.9 Å². The quantitative estimate of drug-likeness (QED) is 0.387. The first-order valence-electron chi connectivity index (χ1n) is 9.73. The van der Waals surface area contributed by atoms with Crippen molar-refractivity contribution in [2.45, 2.75) is 18.0 Å². The van der Waals surface area contributed by atoms with Gasteiger partial charge in [0.05, 0.1) is 23.3 Å². The predicted octanol–water partition coefficient (Wildman–Crippen LogP) is 3.94. The molecule has 0 aliphatic rings. The Morgan fingerprint density at radius 1 is 1.03 bits per heavy atom. The number of nitrogens with zero attached hydrogens (tertiary/aromatic N) is 4. The number of pyridine rings is 2. The number of aryl methyl sites for hydroxylation is 1. The third kappa shape index (κ3) is 4.77. The van der Waals surface area contributed by atoms with Gasteiger partial charge in [-0.05, 0) is 37.3 Å². The summed E-state index contributed by atoms with van der Waals surface area (Å²) in [6, 6.07) is 4.44. The van der Waals surface area contributed by atoms with Crippen LogP contribution >= 0.6 is 0 Å². The number of aromatic nitrogens is 4. The Balaban J connectivity index is 1.76. The fraction of sp³-hybridized carbons (Fsp3) is 0.143. The zero-order valence-corrected chi connectivity index (χ0v) is 18.9. The Hall–Kier alpha value is -4.07. The molecule has 9 nitrogen and oxygen atoms in total. The fourth-order valence-corrected chi connectivity index (χ4v) is 4.35. The summed E-state index contributed by atoms with van der Waals surface area (Å²) in [5.74, 6) is -1.67. The summed E-state index contributed by atoms with van der Waals surface area (Å²) in [6.45, 7) is 1.72. The maximum absolute atomic E-state index is 13.6. The second-order valence-corrected chi connectivity index (χ2v) is 8.97. The molecule has 1 aromatic carbocycles. The Bertz CT molecular complexity index is 1560. The number of ether oxygens (including phenoxy) is 1. The van der Waals surface area contributed by atoms with Crippen molar-refractivity contribution >= 4 is 32.7 Å². The van der Waals surface area contributed by atoms with Gasteiger partial charge in [0.1, 0.15) is 11.5 Å². The molecule has 0 amide bonds. The molecular weight excluding hydrogens is 492 g/mol. The molecule has 4 rings (SSSR count). The molecule has 35 heavy (non-hydrogen) atoms. The number of nitrogens with two attached hydrogens (primary N) is 1. The third-order valence-corrected chi connectivity index (χ3v) is 6.30. The van der Waals surface area contributed by atoms with Gasteiger partial charge in [-0.2, -0.15) is 18.2 Å². The molecule has 0 aliphatic heterocycles. The SMILES string of the molecule is COc1ncc(-c2cnc3nc(N)nc(C)c3c2)cc1NS(=O)(=O)c1ccc(F)c(C(F)(F)F)c1. The van der Waals surface area contributed by atoms with Crippen LogP contribution < -0.4 is 15.2 Å². The molecule has 0 spiro atoms. The van der Waals surface area contributed by atoms with Crippen LogP contribution in [-0.4, -0.2) is 35.5 Å². The average molecular weight is 508 g/mol. The lowest BCUT2D eigenvalue weighted by atomic mass is 10.1. The van der Waals surface area contributed by atoms with E-state index in [0.717, 1.165) is 6.07 Å². The number of halogens is 4. The minimum absolute atomic E-state index is 0.0625. The van der Waals surface area contributed by atoms with Crippen LogP contribution in [0.25, 0.3) is 22.2 Å². The first kappa shape index (κ1) is 24.1. The summed E-state index contributed by atoms with van der Waals surface area (Å²) in [5, 5.41) is 0.598.